The number of aromatic carboxylic acids is 1. The molecule has 2 aromatic heterocycles. The molecule has 0 radical (unpaired) electrons. The number of ether oxygens (including phenoxy) is 6. The Balaban J connectivity index is 0.000000159. The Hall–Kier alpha value is -7.37. The molecule has 1 amide bonds. The lowest BCUT2D eigenvalue weighted by molar-refractivity contribution is -0.0716. The van der Waals surface area contributed by atoms with Gasteiger partial charge in [0.2, 0.25) is 10.0 Å². The number of carboxylic acid groups (broad SMARTS) is 1. The average Bonchev–Trinajstić information content (AvgIpc) is 1.76. The standard InChI is InChI=1S/C35H36ClFN4O6S.C32H31ClFN3O5/c1-35(27-9-6-23(36)18-28(27)37)46-31-4-2-3-26(33(31)47-35)21-11-14-40(15-12-21)20-32-38-29-10-5-22(34(42)39-48(43,44)25-7-8-25)17-30(29)41(32)19-24-13-16-45-24;1-32(24-7-6-21(33)16-25(24)34)41-28-4-2-3-23(30(28)42-32)19-9-12-36(13-10-19)18-29-35-26-8-5-20(31(38)39)15-27(26)37(29)17-22-11-14-40-22/h2-6,9-10,17-18,21,24-25H,7-8,11-16,19-20H2,1H3,(H,39,42);2-8,15-16,19,22H,9-14,17-18H2,1H3,(H,38,39)/t24-,35+;22-,32+/m00/s1. The van der Waals surface area contributed by atoms with Gasteiger partial charge in [0.05, 0.1) is 82.4 Å². The summed E-state index contributed by atoms with van der Waals surface area (Å²) in [5, 5.41) is 9.67. The molecule has 6 aliphatic heterocycles. The minimum atomic E-state index is -3.66. The molecule has 18 nitrogen and oxygen atoms in total. The van der Waals surface area contributed by atoms with Crippen LogP contribution in [0.5, 0.6) is 23.0 Å². The summed E-state index contributed by atoms with van der Waals surface area (Å²) in [6.07, 6.45) is 6.89. The van der Waals surface area contributed by atoms with E-state index in [1.165, 1.54) is 12.1 Å². The molecule has 8 heterocycles. The fourth-order valence-electron chi connectivity index (χ4n) is 13.3. The summed E-state index contributed by atoms with van der Waals surface area (Å²) in [4.78, 5) is 39.2. The SMILES string of the molecule is C[C@@]1(c2ccc(Cl)cc2F)Oc2cccc(C3CCN(Cc4nc5ccc(C(=O)NS(=O)(=O)C6CC6)cc5n4C[C@@H]4CCO4)CC3)c2O1.C[C@@]1(c2ccc(Cl)cc2F)Oc2cccc(C3CCN(Cc4nc5ccc(C(=O)O)cc5n4C[C@@H]4CCO4)CC3)c2O1. The molecule has 0 spiro atoms. The van der Waals surface area contributed by atoms with Crippen molar-refractivity contribution in [1.29, 1.82) is 0 Å². The Kier molecular flexibility index (Phi) is 16.1. The van der Waals surface area contributed by atoms with E-state index >= 15 is 0 Å². The zero-order valence-electron chi connectivity index (χ0n) is 49.6. The monoisotopic (exact) mass is 1290 g/mol. The molecule has 2 N–H and O–H groups in total. The summed E-state index contributed by atoms with van der Waals surface area (Å²) in [5.41, 5.74) is 6.39. The molecule has 4 saturated heterocycles. The van der Waals surface area contributed by atoms with Gasteiger partial charge >= 0.3 is 5.97 Å². The van der Waals surface area contributed by atoms with E-state index in [9.17, 15) is 31.9 Å². The van der Waals surface area contributed by atoms with Gasteiger partial charge in [0.25, 0.3) is 17.5 Å². The number of amides is 1. The number of aromatic nitrogens is 4. The molecular weight excluding hydrogens is 1220 g/mol. The van der Waals surface area contributed by atoms with Crippen LogP contribution in [0.3, 0.4) is 0 Å². The van der Waals surface area contributed by atoms with Crippen LogP contribution in [0.25, 0.3) is 22.1 Å². The topological polar surface area (TPSA) is 198 Å². The average molecular weight is 1290 g/mol. The molecule has 470 valence electrons. The van der Waals surface area contributed by atoms with Gasteiger partial charge in [-0.3, -0.25) is 14.6 Å². The maximum absolute atomic E-state index is 14.9. The number of para-hydroxylation sites is 2. The van der Waals surface area contributed by atoms with Crippen molar-refractivity contribution in [2.75, 3.05) is 39.4 Å². The Bertz CT molecular complexity index is 4240. The van der Waals surface area contributed by atoms with Crippen molar-refractivity contribution >= 4 is 67.2 Å². The first-order valence-corrected chi connectivity index (χ1v) is 33.0. The van der Waals surface area contributed by atoms with Gasteiger partial charge in [-0.1, -0.05) is 47.5 Å². The summed E-state index contributed by atoms with van der Waals surface area (Å²) in [5.74, 6) is -0.301. The lowest BCUT2D eigenvalue weighted by Gasteiger charge is -2.33. The number of carbonyl (C=O) groups is 2. The van der Waals surface area contributed by atoms with Gasteiger partial charge in [0.1, 0.15) is 23.3 Å². The molecule has 23 heteroatoms. The second-order valence-corrected chi connectivity index (χ2v) is 27.6. The predicted octanol–water partition coefficient (Wildman–Crippen LogP) is 12.2. The third kappa shape index (κ3) is 12.0. The highest BCUT2D eigenvalue weighted by atomic mass is 35.5. The van der Waals surface area contributed by atoms with E-state index in [-0.39, 0.29) is 40.7 Å². The number of halogens is 4. The first-order chi connectivity index (χ1) is 43.3. The van der Waals surface area contributed by atoms with E-state index in [1.807, 2.05) is 24.3 Å². The number of imidazole rings is 2. The van der Waals surface area contributed by atoms with E-state index in [0.29, 0.717) is 77.6 Å². The first-order valence-electron chi connectivity index (χ1n) is 30.7. The van der Waals surface area contributed by atoms with E-state index in [1.54, 1.807) is 74.5 Å². The number of hydrogen-bond donors (Lipinski definition) is 2. The quantitative estimate of drug-likeness (QED) is 0.0925. The molecule has 4 atom stereocenters. The van der Waals surface area contributed by atoms with Gasteiger partial charge in [-0.2, -0.15) is 0 Å². The van der Waals surface area contributed by atoms with Crippen molar-refractivity contribution in [3.05, 3.63) is 176 Å². The van der Waals surface area contributed by atoms with E-state index in [2.05, 4.69) is 35.8 Å². The molecule has 7 aliphatic rings. The summed E-state index contributed by atoms with van der Waals surface area (Å²) in [7, 11) is -3.66. The highest BCUT2D eigenvalue weighted by Gasteiger charge is 2.45. The predicted molar refractivity (Wildman–Crippen MR) is 332 cm³/mol. The Morgan fingerprint density at radius 3 is 1.46 bits per heavy atom. The highest BCUT2D eigenvalue weighted by molar-refractivity contribution is 7.91. The van der Waals surface area contributed by atoms with Crippen LogP contribution in [-0.4, -0.2) is 111 Å². The van der Waals surface area contributed by atoms with Crippen LogP contribution in [0.4, 0.5) is 8.78 Å². The first kappa shape index (κ1) is 60.2. The molecule has 1 aliphatic carbocycles. The van der Waals surface area contributed by atoms with E-state index in [0.717, 1.165) is 123 Å². The van der Waals surface area contributed by atoms with Crippen LogP contribution < -0.4 is 23.7 Å². The number of nitrogens with zero attached hydrogens (tertiary/aromatic N) is 6. The molecule has 6 aromatic carbocycles. The number of carboxylic acids is 1. The molecular formula is C67H67Cl2F2N7O11S. The van der Waals surface area contributed by atoms with Crippen molar-refractivity contribution in [3.8, 4) is 23.0 Å². The number of likely N-dealkylation sites (tertiary alicyclic amines) is 2. The fourth-order valence-corrected chi connectivity index (χ4v) is 14.9. The number of fused-ring (bicyclic) bond motifs is 4. The number of rotatable bonds is 16. The molecule has 0 unspecified atom stereocenters. The van der Waals surface area contributed by atoms with E-state index < -0.39 is 50.4 Å². The summed E-state index contributed by atoms with van der Waals surface area (Å²) < 4.78 is 97.5. The second-order valence-electron chi connectivity index (χ2n) is 24.7. The number of benzene rings is 6. The van der Waals surface area contributed by atoms with Crippen molar-refractivity contribution in [3.63, 3.8) is 0 Å². The smallest absolute Gasteiger partial charge is 0.335 e. The Labute approximate surface area is 528 Å². The summed E-state index contributed by atoms with van der Waals surface area (Å²) in [6.45, 7) is 10.9. The number of sulfonamides is 1. The highest BCUT2D eigenvalue weighted by Crippen LogP contribution is 2.52. The van der Waals surface area contributed by atoms with E-state index in [4.69, 9.17) is 61.6 Å². The molecule has 8 aromatic rings. The zero-order valence-corrected chi connectivity index (χ0v) is 52.0. The second kappa shape index (κ2) is 24.0. The lowest BCUT2D eigenvalue weighted by Crippen LogP contribution is -2.35. The van der Waals surface area contributed by atoms with Crippen LogP contribution >= 0.6 is 23.2 Å². The van der Waals surface area contributed by atoms with Crippen molar-refractivity contribution in [1.82, 2.24) is 33.6 Å². The molecule has 15 rings (SSSR count). The van der Waals surface area contributed by atoms with Gasteiger partial charge in [0.15, 0.2) is 23.0 Å². The number of nitrogens with one attached hydrogen (secondary N) is 1. The minimum Gasteiger partial charge on any atom is -0.478 e. The lowest BCUT2D eigenvalue weighted by atomic mass is 9.88. The van der Waals surface area contributed by atoms with Gasteiger partial charge < -0.3 is 42.7 Å². The van der Waals surface area contributed by atoms with Crippen molar-refractivity contribution in [2.45, 2.75) is 132 Å². The van der Waals surface area contributed by atoms with Crippen LogP contribution in [0, 0.1) is 11.6 Å². The minimum absolute atomic E-state index is 0.0639. The molecule has 90 heavy (non-hydrogen) atoms. The number of piperidine rings is 2. The third-order valence-electron chi connectivity index (χ3n) is 18.6. The number of hydrogen-bond acceptors (Lipinski definition) is 14. The Morgan fingerprint density at radius 1 is 0.600 bits per heavy atom. The van der Waals surface area contributed by atoms with Gasteiger partial charge in [-0.15, -0.1) is 0 Å². The van der Waals surface area contributed by atoms with Crippen LogP contribution in [0.15, 0.2) is 109 Å². The fraction of sp³-hybridized carbons (Fsp3) is 0.403. The summed E-state index contributed by atoms with van der Waals surface area (Å²) >= 11 is 12.0. The van der Waals surface area contributed by atoms with Crippen molar-refractivity contribution in [2.24, 2.45) is 0 Å². The van der Waals surface area contributed by atoms with Crippen LogP contribution in [-0.2, 0) is 57.3 Å². The number of carbonyl (C=O) groups excluding carboxylic acids is 1. The normalized spacial score (nSPS) is 22.7. The largest absolute Gasteiger partial charge is 0.478 e. The Morgan fingerprint density at radius 2 is 1.04 bits per heavy atom. The van der Waals surface area contributed by atoms with Crippen molar-refractivity contribution < 1.29 is 60.3 Å². The third-order valence-corrected chi connectivity index (χ3v) is 20.9. The maximum atomic E-state index is 14.9. The van der Waals surface area contributed by atoms with Crippen LogP contribution in [0.2, 0.25) is 10.0 Å². The molecule has 5 fully saturated rings. The maximum Gasteiger partial charge on any atom is 0.335 e. The van der Waals surface area contributed by atoms with Crippen LogP contribution in [0.1, 0.15) is 132 Å². The van der Waals surface area contributed by atoms with Gasteiger partial charge in [0, 0.05) is 53.8 Å². The van der Waals surface area contributed by atoms with Gasteiger partial charge in [-0.25, -0.2) is 36.7 Å². The molecule has 1 saturated carbocycles. The molecule has 0 bridgehead atoms. The summed E-state index contributed by atoms with van der Waals surface area (Å²) in [6, 6.07) is 31.0. The van der Waals surface area contributed by atoms with Gasteiger partial charge in [-0.05, 0) is 174 Å². The zero-order chi connectivity index (χ0) is 62.2.